The average Bonchev–Trinajstić information content (AvgIpc) is 2.94. The Morgan fingerprint density at radius 2 is 1.83 bits per heavy atom. The molecular formula is C19H18ClNO3. The topological polar surface area (TPSA) is 46.6 Å². The van der Waals surface area contributed by atoms with Crippen molar-refractivity contribution in [2.75, 3.05) is 11.5 Å². The van der Waals surface area contributed by atoms with E-state index >= 15 is 0 Å². The molecule has 24 heavy (non-hydrogen) atoms. The van der Waals surface area contributed by atoms with Crippen LogP contribution in [0.5, 0.6) is 0 Å². The lowest BCUT2D eigenvalue weighted by molar-refractivity contribution is -0.148. The van der Waals surface area contributed by atoms with Gasteiger partial charge in [0.25, 0.3) is 0 Å². The van der Waals surface area contributed by atoms with Gasteiger partial charge in [-0.05, 0) is 36.8 Å². The molecule has 0 bridgehead atoms. The van der Waals surface area contributed by atoms with Crippen LogP contribution in [0.2, 0.25) is 5.02 Å². The molecule has 1 amide bonds. The molecule has 5 heteroatoms. The number of carbonyl (C=O) groups excluding carboxylic acids is 2. The molecule has 3 rings (SSSR count). The van der Waals surface area contributed by atoms with E-state index in [1.54, 1.807) is 24.0 Å². The number of para-hydroxylation sites is 1. The predicted molar refractivity (Wildman–Crippen MR) is 92.9 cm³/mol. The van der Waals surface area contributed by atoms with E-state index in [1.807, 2.05) is 42.5 Å². The van der Waals surface area contributed by atoms with Crippen LogP contribution in [0.25, 0.3) is 0 Å². The highest BCUT2D eigenvalue weighted by molar-refractivity contribution is 6.30. The first-order chi connectivity index (χ1) is 11.6. The lowest BCUT2D eigenvalue weighted by Gasteiger charge is -2.28. The molecule has 1 aliphatic rings. The maximum Gasteiger partial charge on any atom is 0.311 e. The van der Waals surface area contributed by atoms with E-state index in [0.29, 0.717) is 11.6 Å². The van der Waals surface area contributed by atoms with Gasteiger partial charge in [0.2, 0.25) is 5.91 Å². The van der Waals surface area contributed by atoms with Gasteiger partial charge in [-0.15, -0.1) is 0 Å². The highest BCUT2D eigenvalue weighted by Crippen LogP contribution is 2.42. The minimum atomic E-state index is -0.529. The molecule has 1 heterocycles. The Bertz CT molecular complexity index is 730. The van der Waals surface area contributed by atoms with Crippen LogP contribution in [0.3, 0.4) is 0 Å². The third-order valence-electron chi connectivity index (χ3n) is 4.16. The molecule has 0 unspecified atom stereocenters. The SMILES string of the molecule is CCOC(=O)[C@@H]1CC(=O)N(c2ccccc2)[C@H]1c1ccc(Cl)cc1. The zero-order valence-corrected chi connectivity index (χ0v) is 14.1. The molecule has 2 atom stereocenters. The molecule has 1 aliphatic heterocycles. The van der Waals surface area contributed by atoms with E-state index in [2.05, 4.69) is 0 Å². The van der Waals surface area contributed by atoms with Crippen molar-refractivity contribution in [3.8, 4) is 0 Å². The lowest BCUT2D eigenvalue weighted by Crippen LogP contribution is -2.31. The third kappa shape index (κ3) is 3.15. The highest BCUT2D eigenvalue weighted by atomic mass is 35.5. The lowest BCUT2D eigenvalue weighted by atomic mass is 9.93. The summed E-state index contributed by atoms with van der Waals surface area (Å²) in [6.07, 6.45) is 0.140. The summed E-state index contributed by atoms with van der Waals surface area (Å²) in [6, 6.07) is 16.2. The number of esters is 1. The van der Waals surface area contributed by atoms with Gasteiger partial charge in [-0.2, -0.15) is 0 Å². The van der Waals surface area contributed by atoms with E-state index in [9.17, 15) is 9.59 Å². The van der Waals surface area contributed by atoms with Crippen LogP contribution in [-0.4, -0.2) is 18.5 Å². The van der Waals surface area contributed by atoms with Gasteiger partial charge in [-0.1, -0.05) is 41.9 Å². The van der Waals surface area contributed by atoms with E-state index in [4.69, 9.17) is 16.3 Å². The van der Waals surface area contributed by atoms with Crippen molar-refractivity contribution in [3.05, 3.63) is 65.2 Å². The maximum absolute atomic E-state index is 12.6. The second-order valence-electron chi connectivity index (χ2n) is 5.66. The summed E-state index contributed by atoms with van der Waals surface area (Å²) in [5, 5.41) is 0.613. The largest absolute Gasteiger partial charge is 0.466 e. The minimum Gasteiger partial charge on any atom is -0.466 e. The van der Waals surface area contributed by atoms with Crippen LogP contribution in [0.15, 0.2) is 54.6 Å². The first-order valence-electron chi connectivity index (χ1n) is 7.91. The van der Waals surface area contributed by atoms with Gasteiger partial charge in [0.1, 0.15) is 0 Å². The number of rotatable bonds is 4. The van der Waals surface area contributed by atoms with Crippen molar-refractivity contribution >= 4 is 29.2 Å². The quantitative estimate of drug-likeness (QED) is 0.788. The summed E-state index contributed by atoms with van der Waals surface area (Å²) in [7, 11) is 0. The zero-order chi connectivity index (χ0) is 17.1. The van der Waals surface area contributed by atoms with Crippen LogP contribution >= 0.6 is 11.6 Å². The van der Waals surface area contributed by atoms with Crippen molar-refractivity contribution in [1.82, 2.24) is 0 Å². The van der Waals surface area contributed by atoms with Crippen LogP contribution in [0.4, 0.5) is 5.69 Å². The Morgan fingerprint density at radius 3 is 2.46 bits per heavy atom. The highest BCUT2D eigenvalue weighted by Gasteiger charge is 2.46. The van der Waals surface area contributed by atoms with Crippen LogP contribution in [0, 0.1) is 5.92 Å². The zero-order valence-electron chi connectivity index (χ0n) is 13.3. The smallest absolute Gasteiger partial charge is 0.311 e. The standard InChI is InChI=1S/C19H18ClNO3/c1-2-24-19(23)16-12-17(22)21(15-6-4-3-5-7-15)18(16)13-8-10-14(20)11-9-13/h3-11,16,18H,2,12H2,1H3/t16-,18+/m1/s1. The van der Waals surface area contributed by atoms with E-state index < -0.39 is 12.0 Å². The van der Waals surface area contributed by atoms with Crippen molar-refractivity contribution in [2.24, 2.45) is 5.92 Å². The van der Waals surface area contributed by atoms with Gasteiger partial charge in [0, 0.05) is 17.1 Å². The molecule has 4 nitrogen and oxygen atoms in total. The normalized spacial score (nSPS) is 20.2. The number of hydrogen-bond acceptors (Lipinski definition) is 3. The summed E-state index contributed by atoms with van der Waals surface area (Å²) >= 11 is 5.98. The summed E-state index contributed by atoms with van der Waals surface area (Å²) in [5.74, 6) is -0.956. The fourth-order valence-electron chi connectivity index (χ4n) is 3.13. The summed E-state index contributed by atoms with van der Waals surface area (Å²) in [6.45, 7) is 2.06. The number of anilines is 1. The first kappa shape index (κ1) is 16.5. The molecule has 0 spiro atoms. The molecule has 0 N–H and O–H groups in total. The Morgan fingerprint density at radius 1 is 1.17 bits per heavy atom. The monoisotopic (exact) mass is 343 g/mol. The minimum absolute atomic E-state index is 0.0841. The van der Waals surface area contributed by atoms with Gasteiger partial charge in [-0.3, -0.25) is 9.59 Å². The molecule has 0 radical (unpaired) electrons. The summed E-state index contributed by atoms with van der Waals surface area (Å²) < 4.78 is 5.19. The molecule has 0 aromatic heterocycles. The Balaban J connectivity index is 2.04. The van der Waals surface area contributed by atoms with Gasteiger partial charge in [0.05, 0.1) is 18.6 Å². The average molecular weight is 344 g/mol. The number of hydrogen-bond donors (Lipinski definition) is 0. The van der Waals surface area contributed by atoms with Gasteiger partial charge in [0.15, 0.2) is 0 Å². The Kier molecular flexibility index (Phi) is 4.86. The third-order valence-corrected chi connectivity index (χ3v) is 4.41. The number of nitrogens with zero attached hydrogens (tertiary/aromatic N) is 1. The molecule has 1 saturated heterocycles. The number of amides is 1. The van der Waals surface area contributed by atoms with Gasteiger partial charge >= 0.3 is 5.97 Å². The van der Waals surface area contributed by atoms with Crippen molar-refractivity contribution in [3.63, 3.8) is 0 Å². The molecule has 124 valence electrons. The van der Waals surface area contributed by atoms with Crippen LogP contribution < -0.4 is 4.90 Å². The number of halogens is 1. The molecule has 2 aromatic carbocycles. The van der Waals surface area contributed by atoms with Crippen molar-refractivity contribution in [2.45, 2.75) is 19.4 Å². The molecular weight excluding hydrogens is 326 g/mol. The van der Waals surface area contributed by atoms with E-state index in [1.165, 1.54) is 0 Å². The second kappa shape index (κ2) is 7.05. The fourth-order valence-corrected chi connectivity index (χ4v) is 3.26. The number of carbonyl (C=O) groups is 2. The van der Waals surface area contributed by atoms with Crippen molar-refractivity contribution in [1.29, 1.82) is 0 Å². The summed E-state index contributed by atoms with van der Waals surface area (Å²) in [4.78, 5) is 26.7. The second-order valence-corrected chi connectivity index (χ2v) is 6.09. The predicted octanol–water partition coefficient (Wildman–Crippen LogP) is 4.00. The molecule has 0 saturated carbocycles. The Labute approximate surface area is 146 Å². The first-order valence-corrected chi connectivity index (χ1v) is 8.29. The van der Waals surface area contributed by atoms with Crippen LogP contribution in [0.1, 0.15) is 24.9 Å². The van der Waals surface area contributed by atoms with Gasteiger partial charge < -0.3 is 9.64 Å². The van der Waals surface area contributed by atoms with Crippen LogP contribution in [-0.2, 0) is 14.3 Å². The maximum atomic E-state index is 12.6. The van der Waals surface area contributed by atoms with Crippen molar-refractivity contribution < 1.29 is 14.3 Å². The van der Waals surface area contributed by atoms with E-state index in [-0.39, 0.29) is 18.3 Å². The number of benzene rings is 2. The molecule has 1 fully saturated rings. The molecule has 0 aliphatic carbocycles. The Hall–Kier alpha value is -2.33. The fraction of sp³-hybridized carbons (Fsp3) is 0.263. The number of ether oxygens (including phenoxy) is 1. The van der Waals surface area contributed by atoms with E-state index in [0.717, 1.165) is 11.3 Å². The summed E-state index contributed by atoms with van der Waals surface area (Å²) in [5.41, 5.74) is 1.64. The van der Waals surface area contributed by atoms with Gasteiger partial charge in [-0.25, -0.2) is 0 Å². The molecule has 2 aromatic rings.